The molecule has 0 heterocycles. The number of ether oxygens (including phenoxy) is 2. The summed E-state index contributed by atoms with van der Waals surface area (Å²) in [4.78, 5) is 0. The summed E-state index contributed by atoms with van der Waals surface area (Å²) in [6.45, 7) is 10.00. The number of nitrogens with one attached hydrogen (secondary N) is 1. The summed E-state index contributed by atoms with van der Waals surface area (Å²) in [6.07, 6.45) is 9.89. The van der Waals surface area contributed by atoms with Gasteiger partial charge in [-0.2, -0.15) is 0 Å². The van der Waals surface area contributed by atoms with Crippen molar-refractivity contribution < 1.29 is 9.47 Å². The fraction of sp³-hybridized carbons (Fsp3) is 1.00. The molecule has 0 amide bonds. The van der Waals surface area contributed by atoms with Gasteiger partial charge in [0.15, 0.2) is 0 Å². The maximum Gasteiger partial charge on any atom is 0.0857 e. The molecule has 1 unspecified atom stereocenters. The highest BCUT2D eigenvalue weighted by atomic mass is 16.5. The van der Waals surface area contributed by atoms with Gasteiger partial charge in [-0.3, -0.25) is 0 Å². The molecule has 3 heteroatoms. The van der Waals surface area contributed by atoms with Gasteiger partial charge >= 0.3 is 0 Å². The average Bonchev–Trinajstić information content (AvgIpc) is 2.69. The standard InChI is InChI=1S/C17H35NO2/c1-4-13-18-16(15-19-14-5-2)17(20-6-3)11-9-7-8-10-12-17/h16,18H,4-15H2,1-3H3. The van der Waals surface area contributed by atoms with E-state index in [2.05, 4.69) is 26.1 Å². The second kappa shape index (κ2) is 10.6. The minimum absolute atomic E-state index is 0.00579. The van der Waals surface area contributed by atoms with Crippen molar-refractivity contribution in [2.45, 2.75) is 83.8 Å². The largest absolute Gasteiger partial charge is 0.380 e. The van der Waals surface area contributed by atoms with Crippen LogP contribution in [0.25, 0.3) is 0 Å². The lowest BCUT2D eigenvalue weighted by molar-refractivity contribution is -0.0938. The SMILES string of the molecule is CCCNC(COCCC)C1(OCC)CCCCCC1. The monoisotopic (exact) mass is 285 g/mol. The van der Waals surface area contributed by atoms with E-state index in [-0.39, 0.29) is 5.60 Å². The van der Waals surface area contributed by atoms with Gasteiger partial charge in [-0.05, 0) is 39.2 Å². The third kappa shape index (κ3) is 5.71. The lowest BCUT2D eigenvalue weighted by atomic mass is 9.86. The Balaban J connectivity index is 2.71. The fourth-order valence-electron chi connectivity index (χ4n) is 3.27. The first-order valence-corrected chi connectivity index (χ1v) is 8.74. The molecule has 1 fully saturated rings. The maximum absolute atomic E-state index is 6.30. The Morgan fingerprint density at radius 1 is 1.00 bits per heavy atom. The van der Waals surface area contributed by atoms with Gasteiger partial charge in [-0.15, -0.1) is 0 Å². The molecule has 0 aliphatic heterocycles. The molecule has 0 aromatic carbocycles. The van der Waals surface area contributed by atoms with Crippen LogP contribution >= 0.6 is 0 Å². The topological polar surface area (TPSA) is 30.5 Å². The molecule has 0 bridgehead atoms. The highest BCUT2D eigenvalue weighted by Crippen LogP contribution is 2.34. The van der Waals surface area contributed by atoms with Crippen LogP contribution < -0.4 is 5.32 Å². The Bertz CT molecular complexity index is 225. The Hall–Kier alpha value is -0.120. The summed E-state index contributed by atoms with van der Waals surface area (Å²) in [5, 5.41) is 3.70. The van der Waals surface area contributed by atoms with Crippen molar-refractivity contribution in [2.75, 3.05) is 26.4 Å². The summed E-state index contributed by atoms with van der Waals surface area (Å²) in [7, 11) is 0. The summed E-state index contributed by atoms with van der Waals surface area (Å²) in [6, 6.07) is 0.340. The van der Waals surface area contributed by atoms with Gasteiger partial charge in [0.05, 0.1) is 18.2 Å². The van der Waals surface area contributed by atoms with E-state index in [1.54, 1.807) is 0 Å². The number of hydrogen-bond acceptors (Lipinski definition) is 3. The third-order valence-corrected chi connectivity index (χ3v) is 4.29. The Morgan fingerprint density at radius 3 is 2.25 bits per heavy atom. The molecule has 1 rings (SSSR count). The molecule has 0 aromatic rings. The molecule has 0 aromatic heterocycles. The fourth-order valence-corrected chi connectivity index (χ4v) is 3.27. The highest BCUT2D eigenvalue weighted by molar-refractivity contribution is 4.94. The Morgan fingerprint density at radius 2 is 1.70 bits per heavy atom. The van der Waals surface area contributed by atoms with Crippen molar-refractivity contribution in [1.82, 2.24) is 5.32 Å². The predicted molar refractivity (Wildman–Crippen MR) is 85.3 cm³/mol. The van der Waals surface area contributed by atoms with Crippen LogP contribution in [0.1, 0.15) is 72.1 Å². The minimum atomic E-state index is -0.00579. The molecule has 1 atom stereocenters. The molecule has 0 radical (unpaired) electrons. The lowest BCUT2D eigenvalue weighted by Gasteiger charge is -2.40. The molecule has 0 spiro atoms. The van der Waals surface area contributed by atoms with Crippen LogP contribution in [0.15, 0.2) is 0 Å². The summed E-state index contributed by atoms with van der Waals surface area (Å²) in [5.41, 5.74) is -0.00579. The van der Waals surface area contributed by atoms with Gasteiger partial charge in [-0.1, -0.05) is 39.5 Å². The molecule has 1 N–H and O–H groups in total. The zero-order valence-electron chi connectivity index (χ0n) is 13.9. The first-order valence-electron chi connectivity index (χ1n) is 8.74. The van der Waals surface area contributed by atoms with Crippen molar-refractivity contribution in [3.05, 3.63) is 0 Å². The van der Waals surface area contributed by atoms with E-state index >= 15 is 0 Å². The number of rotatable bonds is 10. The van der Waals surface area contributed by atoms with E-state index in [0.29, 0.717) is 6.04 Å². The highest BCUT2D eigenvalue weighted by Gasteiger charge is 2.39. The first kappa shape index (κ1) is 17.9. The lowest BCUT2D eigenvalue weighted by Crippen LogP contribution is -2.55. The second-order valence-electron chi connectivity index (χ2n) is 5.99. The Kier molecular flexibility index (Phi) is 9.49. The molecule has 120 valence electrons. The third-order valence-electron chi connectivity index (χ3n) is 4.29. The van der Waals surface area contributed by atoms with E-state index in [4.69, 9.17) is 9.47 Å². The van der Waals surface area contributed by atoms with E-state index in [0.717, 1.165) is 39.2 Å². The van der Waals surface area contributed by atoms with E-state index in [1.807, 2.05) is 0 Å². The average molecular weight is 285 g/mol. The van der Waals surface area contributed by atoms with Crippen molar-refractivity contribution >= 4 is 0 Å². The van der Waals surface area contributed by atoms with Crippen LogP contribution in [-0.2, 0) is 9.47 Å². The molecule has 0 saturated heterocycles. The molecular weight excluding hydrogens is 250 g/mol. The first-order chi connectivity index (χ1) is 9.79. The zero-order valence-corrected chi connectivity index (χ0v) is 13.9. The molecule has 1 saturated carbocycles. The van der Waals surface area contributed by atoms with Gasteiger partial charge in [0.2, 0.25) is 0 Å². The van der Waals surface area contributed by atoms with E-state index in [1.165, 1.54) is 38.5 Å². The molecule has 1 aliphatic carbocycles. The van der Waals surface area contributed by atoms with Crippen LogP contribution in [0, 0.1) is 0 Å². The van der Waals surface area contributed by atoms with Crippen LogP contribution in [0.3, 0.4) is 0 Å². The Labute approximate surface area is 125 Å². The van der Waals surface area contributed by atoms with Gasteiger partial charge in [-0.25, -0.2) is 0 Å². The molecular formula is C17H35NO2. The molecule has 3 nitrogen and oxygen atoms in total. The summed E-state index contributed by atoms with van der Waals surface area (Å²) in [5.74, 6) is 0. The summed E-state index contributed by atoms with van der Waals surface area (Å²) >= 11 is 0. The zero-order chi connectivity index (χ0) is 14.7. The van der Waals surface area contributed by atoms with Gasteiger partial charge in [0.25, 0.3) is 0 Å². The van der Waals surface area contributed by atoms with Crippen molar-refractivity contribution in [2.24, 2.45) is 0 Å². The van der Waals surface area contributed by atoms with E-state index in [9.17, 15) is 0 Å². The van der Waals surface area contributed by atoms with Crippen LogP contribution in [0.4, 0.5) is 0 Å². The van der Waals surface area contributed by atoms with E-state index < -0.39 is 0 Å². The summed E-state index contributed by atoms with van der Waals surface area (Å²) < 4.78 is 12.2. The van der Waals surface area contributed by atoms with Crippen molar-refractivity contribution in [3.8, 4) is 0 Å². The van der Waals surface area contributed by atoms with Crippen molar-refractivity contribution in [1.29, 1.82) is 0 Å². The molecule has 20 heavy (non-hydrogen) atoms. The second-order valence-corrected chi connectivity index (χ2v) is 5.99. The maximum atomic E-state index is 6.30. The van der Waals surface area contributed by atoms with Gasteiger partial charge < -0.3 is 14.8 Å². The quantitative estimate of drug-likeness (QED) is 0.487. The van der Waals surface area contributed by atoms with Crippen LogP contribution in [0.5, 0.6) is 0 Å². The van der Waals surface area contributed by atoms with Crippen LogP contribution in [0.2, 0.25) is 0 Å². The van der Waals surface area contributed by atoms with Crippen LogP contribution in [-0.4, -0.2) is 38.0 Å². The predicted octanol–water partition coefficient (Wildman–Crippen LogP) is 3.91. The van der Waals surface area contributed by atoms with Gasteiger partial charge in [0.1, 0.15) is 0 Å². The smallest absolute Gasteiger partial charge is 0.0857 e. The normalized spacial score (nSPS) is 20.6. The minimum Gasteiger partial charge on any atom is -0.380 e. The number of hydrogen-bond donors (Lipinski definition) is 1. The van der Waals surface area contributed by atoms with Gasteiger partial charge in [0, 0.05) is 13.2 Å². The van der Waals surface area contributed by atoms with Crippen molar-refractivity contribution in [3.63, 3.8) is 0 Å². The molecule has 1 aliphatic rings.